The number of carbonyl (C=O) groups excluding carboxylic acids is 1. The molecule has 3 nitrogen and oxygen atoms in total. The molecule has 0 spiro atoms. The molecule has 2 unspecified atom stereocenters. The summed E-state index contributed by atoms with van der Waals surface area (Å²) in [6.07, 6.45) is 1.92. The van der Waals surface area contributed by atoms with Gasteiger partial charge in [-0.25, -0.2) is 0 Å². The van der Waals surface area contributed by atoms with Gasteiger partial charge in [0.15, 0.2) is 0 Å². The second kappa shape index (κ2) is 5.21. The fourth-order valence-corrected chi connectivity index (χ4v) is 1.94. The minimum Gasteiger partial charge on any atom is -0.497 e. The van der Waals surface area contributed by atoms with Gasteiger partial charge in [-0.1, -0.05) is 19.1 Å². The SMILES string of the molecule is COc1ccc(CCNC(=O)C2CC2C)cc1. The highest BCUT2D eigenvalue weighted by Crippen LogP contribution is 2.37. The van der Waals surface area contributed by atoms with E-state index in [9.17, 15) is 4.79 Å². The summed E-state index contributed by atoms with van der Waals surface area (Å²) in [6.45, 7) is 2.84. The number of carbonyl (C=O) groups is 1. The molecule has 1 aromatic carbocycles. The largest absolute Gasteiger partial charge is 0.497 e. The van der Waals surface area contributed by atoms with Crippen LogP contribution in [0.5, 0.6) is 5.75 Å². The van der Waals surface area contributed by atoms with Crippen molar-refractivity contribution in [2.24, 2.45) is 11.8 Å². The predicted octanol–water partition coefficient (Wildman–Crippen LogP) is 2.01. The summed E-state index contributed by atoms with van der Waals surface area (Å²) in [7, 11) is 1.66. The number of nitrogens with one attached hydrogen (secondary N) is 1. The van der Waals surface area contributed by atoms with Gasteiger partial charge in [-0.05, 0) is 36.5 Å². The van der Waals surface area contributed by atoms with Gasteiger partial charge in [-0.15, -0.1) is 0 Å². The van der Waals surface area contributed by atoms with Gasteiger partial charge in [0, 0.05) is 12.5 Å². The predicted molar refractivity (Wildman–Crippen MR) is 67.0 cm³/mol. The minimum atomic E-state index is 0.214. The summed E-state index contributed by atoms with van der Waals surface area (Å²) in [5, 5.41) is 2.98. The van der Waals surface area contributed by atoms with Crippen LogP contribution in [0.1, 0.15) is 18.9 Å². The molecular formula is C14H19NO2. The van der Waals surface area contributed by atoms with Crippen LogP contribution in [0.25, 0.3) is 0 Å². The van der Waals surface area contributed by atoms with Crippen LogP contribution in [0.15, 0.2) is 24.3 Å². The summed E-state index contributed by atoms with van der Waals surface area (Å²) in [6, 6.07) is 7.95. The fraction of sp³-hybridized carbons (Fsp3) is 0.500. The topological polar surface area (TPSA) is 38.3 Å². The first kappa shape index (κ1) is 12.0. The molecule has 0 heterocycles. The van der Waals surface area contributed by atoms with Gasteiger partial charge in [0.2, 0.25) is 5.91 Å². The number of methoxy groups -OCH3 is 1. The second-order valence-electron chi connectivity index (χ2n) is 4.71. The van der Waals surface area contributed by atoms with Crippen molar-refractivity contribution in [1.29, 1.82) is 0 Å². The number of ether oxygens (including phenoxy) is 1. The molecule has 1 N–H and O–H groups in total. The van der Waals surface area contributed by atoms with Crippen LogP contribution in [-0.4, -0.2) is 19.6 Å². The average Bonchev–Trinajstić information content (AvgIpc) is 3.07. The Kier molecular flexibility index (Phi) is 3.67. The van der Waals surface area contributed by atoms with E-state index in [-0.39, 0.29) is 11.8 Å². The lowest BCUT2D eigenvalue weighted by Gasteiger charge is -2.05. The van der Waals surface area contributed by atoms with Gasteiger partial charge in [-0.3, -0.25) is 4.79 Å². The molecule has 2 atom stereocenters. The summed E-state index contributed by atoms with van der Waals surface area (Å²) >= 11 is 0. The molecule has 0 aliphatic heterocycles. The van der Waals surface area contributed by atoms with Crippen LogP contribution in [0.2, 0.25) is 0 Å². The Bertz CT molecular complexity index is 386. The Morgan fingerprint density at radius 2 is 2.06 bits per heavy atom. The van der Waals surface area contributed by atoms with E-state index in [0.29, 0.717) is 12.5 Å². The van der Waals surface area contributed by atoms with Crippen molar-refractivity contribution in [3.63, 3.8) is 0 Å². The number of hydrogen-bond acceptors (Lipinski definition) is 2. The molecule has 17 heavy (non-hydrogen) atoms. The van der Waals surface area contributed by atoms with E-state index in [4.69, 9.17) is 4.74 Å². The molecule has 1 saturated carbocycles. The quantitative estimate of drug-likeness (QED) is 0.845. The molecule has 0 bridgehead atoms. The summed E-state index contributed by atoms with van der Waals surface area (Å²) < 4.78 is 5.09. The average molecular weight is 233 g/mol. The van der Waals surface area contributed by atoms with Crippen LogP contribution >= 0.6 is 0 Å². The lowest BCUT2D eigenvalue weighted by Crippen LogP contribution is -2.27. The smallest absolute Gasteiger partial charge is 0.223 e. The molecule has 1 aliphatic rings. The second-order valence-corrected chi connectivity index (χ2v) is 4.71. The molecule has 1 aromatic rings. The zero-order valence-electron chi connectivity index (χ0n) is 10.4. The third-order valence-electron chi connectivity index (χ3n) is 3.32. The molecule has 0 saturated heterocycles. The van der Waals surface area contributed by atoms with Crippen LogP contribution in [0.4, 0.5) is 0 Å². The van der Waals surface area contributed by atoms with Gasteiger partial charge in [0.25, 0.3) is 0 Å². The Hall–Kier alpha value is -1.51. The van der Waals surface area contributed by atoms with Crippen molar-refractivity contribution < 1.29 is 9.53 Å². The van der Waals surface area contributed by atoms with Crippen LogP contribution < -0.4 is 10.1 Å². The normalized spacial score (nSPS) is 22.0. The first-order valence-electron chi connectivity index (χ1n) is 6.11. The molecule has 92 valence electrons. The van der Waals surface area contributed by atoms with E-state index >= 15 is 0 Å². The van der Waals surface area contributed by atoms with E-state index < -0.39 is 0 Å². The Balaban J connectivity index is 1.72. The highest BCUT2D eigenvalue weighted by Gasteiger charge is 2.38. The first-order chi connectivity index (χ1) is 8.20. The minimum absolute atomic E-state index is 0.214. The molecule has 1 aliphatic carbocycles. The van der Waals surface area contributed by atoms with Crippen molar-refractivity contribution in [3.05, 3.63) is 29.8 Å². The van der Waals surface area contributed by atoms with Crippen molar-refractivity contribution >= 4 is 5.91 Å². The summed E-state index contributed by atoms with van der Waals surface area (Å²) in [5.74, 6) is 1.93. The summed E-state index contributed by atoms with van der Waals surface area (Å²) in [4.78, 5) is 11.6. The van der Waals surface area contributed by atoms with Gasteiger partial charge in [-0.2, -0.15) is 0 Å². The maximum atomic E-state index is 11.6. The number of rotatable bonds is 5. The first-order valence-corrected chi connectivity index (χ1v) is 6.11. The number of amides is 1. The van der Waals surface area contributed by atoms with Crippen molar-refractivity contribution in [3.8, 4) is 5.75 Å². The van der Waals surface area contributed by atoms with Gasteiger partial charge in [0.1, 0.15) is 5.75 Å². The van der Waals surface area contributed by atoms with Crippen molar-refractivity contribution in [2.45, 2.75) is 19.8 Å². The fourth-order valence-electron chi connectivity index (χ4n) is 1.94. The maximum Gasteiger partial charge on any atom is 0.223 e. The van der Waals surface area contributed by atoms with E-state index in [1.54, 1.807) is 7.11 Å². The lowest BCUT2D eigenvalue weighted by molar-refractivity contribution is -0.122. The third-order valence-corrected chi connectivity index (χ3v) is 3.32. The standard InChI is InChI=1S/C14H19NO2/c1-10-9-13(10)14(16)15-8-7-11-3-5-12(17-2)6-4-11/h3-6,10,13H,7-9H2,1-2H3,(H,15,16). The van der Waals surface area contributed by atoms with E-state index in [1.807, 2.05) is 24.3 Å². The maximum absolute atomic E-state index is 11.6. The third kappa shape index (κ3) is 3.22. The number of hydrogen-bond donors (Lipinski definition) is 1. The zero-order chi connectivity index (χ0) is 12.3. The highest BCUT2D eigenvalue weighted by atomic mass is 16.5. The molecule has 3 heteroatoms. The molecule has 2 rings (SSSR count). The number of benzene rings is 1. The molecular weight excluding hydrogens is 214 g/mol. The van der Waals surface area contributed by atoms with Gasteiger partial charge >= 0.3 is 0 Å². The monoisotopic (exact) mass is 233 g/mol. The van der Waals surface area contributed by atoms with E-state index in [0.717, 1.165) is 18.6 Å². The molecule has 1 fully saturated rings. The molecule has 0 radical (unpaired) electrons. The molecule has 0 aromatic heterocycles. The van der Waals surface area contributed by atoms with Crippen molar-refractivity contribution in [1.82, 2.24) is 5.32 Å². The zero-order valence-corrected chi connectivity index (χ0v) is 10.4. The van der Waals surface area contributed by atoms with Crippen LogP contribution in [0.3, 0.4) is 0 Å². The summed E-state index contributed by atoms with van der Waals surface area (Å²) in [5.41, 5.74) is 1.22. The van der Waals surface area contributed by atoms with Crippen LogP contribution in [0, 0.1) is 11.8 Å². The van der Waals surface area contributed by atoms with Crippen molar-refractivity contribution in [2.75, 3.05) is 13.7 Å². The van der Waals surface area contributed by atoms with Gasteiger partial charge < -0.3 is 10.1 Å². The Morgan fingerprint density at radius 1 is 1.41 bits per heavy atom. The van der Waals surface area contributed by atoms with Crippen LogP contribution in [-0.2, 0) is 11.2 Å². The Labute approximate surface area is 102 Å². The Morgan fingerprint density at radius 3 is 2.59 bits per heavy atom. The van der Waals surface area contributed by atoms with E-state index in [2.05, 4.69) is 12.2 Å². The van der Waals surface area contributed by atoms with Gasteiger partial charge in [0.05, 0.1) is 7.11 Å². The molecule has 1 amide bonds. The highest BCUT2D eigenvalue weighted by molar-refractivity contribution is 5.81. The lowest BCUT2D eigenvalue weighted by atomic mass is 10.1. The van der Waals surface area contributed by atoms with E-state index in [1.165, 1.54) is 5.56 Å².